The molecule has 0 heterocycles. The zero-order chi connectivity index (χ0) is 17.2. The van der Waals surface area contributed by atoms with E-state index in [2.05, 4.69) is 5.32 Å². The fourth-order valence-corrected chi connectivity index (χ4v) is 2.99. The predicted molar refractivity (Wildman–Crippen MR) is 93.2 cm³/mol. The Morgan fingerprint density at radius 2 is 1.75 bits per heavy atom. The lowest BCUT2D eigenvalue weighted by Crippen LogP contribution is -2.26. The maximum absolute atomic E-state index is 12.6. The molecule has 24 heavy (non-hydrogen) atoms. The third kappa shape index (κ3) is 3.77. The number of carbonyl (C=O) groups is 2. The molecule has 0 radical (unpaired) electrons. The van der Waals surface area contributed by atoms with Crippen LogP contribution in [-0.2, 0) is 22.4 Å². The van der Waals surface area contributed by atoms with Crippen LogP contribution in [-0.4, -0.2) is 17.0 Å². The van der Waals surface area contributed by atoms with Crippen molar-refractivity contribution >= 4 is 29.2 Å². The number of hydrogen-bond acceptors (Lipinski definition) is 2. The van der Waals surface area contributed by atoms with E-state index in [9.17, 15) is 9.59 Å². The number of benzene rings is 2. The van der Waals surface area contributed by atoms with Crippen molar-refractivity contribution < 1.29 is 14.7 Å². The first-order valence-electron chi connectivity index (χ1n) is 7.84. The number of carboxylic acids is 1. The van der Waals surface area contributed by atoms with Crippen molar-refractivity contribution in [2.45, 2.75) is 25.7 Å². The van der Waals surface area contributed by atoms with Crippen LogP contribution in [0, 0.1) is 5.41 Å². The van der Waals surface area contributed by atoms with Gasteiger partial charge < -0.3 is 10.4 Å². The summed E-state index contributed by atoms with van der Waals surface area (Å²) in [4.78, 5) is 23.3. The largest absolute Gasteiger partial charge is 0.481 e. The van der Waals surface area contributed by atoms with E-state index in [1.54, 1.807) is 24.3 Å². The second kappa shape index (κ2) is 6.65. The zero-order valence-electron chi connectivity index (χ0n) is 13.1. The summed E-state index contributed by atoms with van der Waals surface area (Å²) in [6, 6.07) is 14.5. The molecular weight excluding hydrogens is 326 g/mol. The maximum Gasteiger partial charge on any atom is 0.307 e. The van der Waals surface area contributed by atoms with Crippen LogP contribution < -0.4 is 5.32 Å². The van der Waals surface area contributed by atoms with Crippen molar-refractivity contribution in [1.29, 1.82) is 0 Å². The van der Waals surface area contributed by atoms with Crippen LogP contribution in [0.15, 0.2) is 48.5 Å². The van der Waals surface area contributed by atoms with Gasteiger partial charge in [0.15, 0.2) is 0 Å². The molecule has 3 rings (SSSR count). The Kier molecular flexibility index (Phi) is 4.58. The molecule has 0 aromatic heterocycles. The van der Waals surface area contributed by atoms with Crippen molar-refractivity contribution in [3.63, 3.8) is 0 Å². The zero-order valence-corrected chi connectivity index (χ0v) is 13.8. The van der Waals surface area contributed by atoms with Gasteiger partial charge in [0, 0.05) is 10.7 Å². The van der Waals surface area contributed by atoms with Gasteiger partial charge in [0.25, 0.3) is 0 Å². The van der Waals surface area contributed by atoms with Gasteiger partial charge >= 0.3 is 5.97 Å². The van der Waals surface area contributed by atoms with Crippen LogP contribution in [0.1, 0.15) is 24.0 Å². The van der Waals surface area contributed by atoms with Gasteiger partial charge in [-0.2, -0.15) is 0 Å². The topological polar surface area (TPSA) is 66.4 Å². The van der Waals surface area contributed by atoms with Crippen molar-refractivity contribution in [3.8, 4) is 0 Å². The Morgan fingerprint density at radius 1 is 1.08 bits per heavy atom. The van der Waals surface area contributed by atoms with Crippen molar-refractivity contribution in [2.24, 2.45) is 5.41 Å². The summed E-state index contributed by atoms with van der Waals surface area (Å²) in [6.45, 7) is 0. The van der Waals surface area contributed by atoms with Crippen LogP contribution >= 0.6 is 11.6 Å². The molecular formula is C19H18ClNO3. The minimum Gasteiger partial charge on any atom is -0.481 e. The molecule has 1 aliphatic carbocycles. The summed E-state index contributed by atoms with van der Waals surface area (Å²) < 4.78 is 0. The molecule has 1 fully saturated rings. The average Bonchev–Trinajstić information content (AvgIpc) is 3.32. The lowest BCUT2D eigenvalue weighted by molar-refractivity contribution is -0.136. The highest BCUT2D eigenvalue weighted by molar-refractivity contribution is 6.31. The summed E-state index contributed by atoms with van der Waals surface area (Å²) in [5.41, 5.74) is 1.99. The number of carboxylic acid groups (broad SMARTS) is 1. The first-order chi connectivity index (χ1) is 11.5. The van der Waals surface area contributed by atoms with Gasteiger partial charge in [-0.05, 0) is 48.6 Å². The highest BCUT2D eigenvalue weighted by atomic mass is 35.5. The van der Waals surface area contributed by atoms with E-state index in [4.69, 9.17) is 16.7 Å². The minimum absolute atomic E-state index is 0.00611. The molecule has 0 unspecified atom stereocenters. The molecule has 5 heteroatoms. The van der Waals surface area contributed by atoms with E-state index in [0.717, 1.165) is 18.4 Å². The summed E-state index contributed by atoms with van der Waals surface area (Å²) in [7, 11) is 0. The summed E-state index contributed by atoms with van der Waals surface area (Å²) in [5, 5.41) is 12.4. The Morgan fingerprint density at radius 3 is 2.33 bits per heavy atom. The lowest BCUT2D eigenvalue weighted by Gasteiger charge is -2.16. The van der Waals surface area contributed by atoms with E-state index in [-0.39, 0.29) is 17.7 Å². The van der Waals surface area contributed by atoms with Crippen LogP contribution in [0.4, 0.5) is 5.69 Å². The van der Waals surface area contributed by atoms with Crippen LogP contribution in [0.25, 0.3) is 0 Å². The first-order valence-corrected chi connectivity index (χ1v) is 8.22. The van der Waals surface area contributed by atoms with Gasteiger partial charge in [-0.3, -0.25) is 9.59 Å². The van der Waals surface area contributed by atoms with Crippen LogP contribution in [0.5, 0.6) is 0 Å². The van der Waals surface area contributed by atoms with Gasteiger partial charge in [0.05, 0.1) is 11.8 Å². The predicted octanol–water partition coefficient (Wildman–Crippen LogP) is 3.93. The Hall–Kier alpha value is -2.33. The molecule has 2 N–H and O–H groups in total. The third-order valence-corrected chi connectivity index (χ3v) is 4.76. The maximum atomic E-state index is 12.6. The number of rotatable bonds is 6. The van der Waals surface area contributed by atoms with Gasteiger partial charge in [-0.15, -0.1) is 0 Å². The Balaban J connectivity index is 1.66. The van der Waals surface area contributed by atoms with Gasteiger partial charge in [0.2, 0.25) is 5.91 Å². The molecule has 124 valence electrons. The number of hydrogen-bond donors (Lipinski definition) is 2. The molecule has 0 aliphatic heterocycles. The number of amides is 1. The number of aliphatic carboxylic acids is 1. The molecule has 1 aliphatic rings. The third-order valence-electron chi connectivity index (χ3n) is 4.39. The number of halogens is 1. The monoisotopic (exact) mass is 343 g/mol. The van der Waals surface area contributed by atoms with E-state index >= 15 is 0 Å². The molecule has 1 saturated carbocycles. The lowest BCUT2D eigenvalue weighted by atomic mass is 9.95. The van der Waals surface area contributed by atoms with Crippen LogP contribution in [0.3, 0.4) is 0 Å². The molecule has 0 bridgehead atoms. The van der Waals surface area contributed by atoms with Crippen molar-refractivity contribution in [2.75, 3.05) is 5.32 Å². The molecule has 4 nitrogen and oxygen atoms in total. The highest BCUT2D eigenvalue weighted by Crippen LogP contribution is 2.50. The number of nitrogens with one attached hydrogen (secondary N) is 1. The second-order valence-corrected chi connectivity index (χ2v) is 6.68. The molecule has 1 amide bonds. The van der Waals surface area contributed by atoms with E-state index in [0.29, 0.717) is 22.7 Å². The normalized spacial score (nSPS) is 14.9. The summed E-state index contributed by atoms with van der Waals surface area (Å²) >= 11 is 6.20. The second-order valence-electron chi connectivity index (χ2n) is 6.27. The van der Waals surface area contributed by atoms with Crippen LogP contribution in [0.2, 0.25) is 5.02 Å². The summed E-state index contributed by atoms with van der Waals surface area (Å²) in [6.07, 6.45) is 2.31. The average molecular weight is 344 g/mol. The highest BCUT2D eigenvalue weighted by Gasteiger charge is 2.49. The smallest absolute Gasteiger partial charge is 0.307 e. The summed E-state index contributed by atoms with van der Waals surface area (Å²) in [5.74, 6) is -0.878. The first kappa shape index (κ1) is 16.5. The van der Waals surface area contributed by atoms with E-state index in [1.807, 2.05) is 24.3 Å². The Bertz CT molecular complexity index is 766. The molecule has 0 spiro atoms. The van der Waals surface area contributed by atoms with Crippen molar-refractivity contribution in [3.05, 3.63) is 64.7 Å². The van der Waals surface area contributed by atoms with Crippen molar-refractivity contribution in [1.82, 2.24) is 0 Å². The minimum atomic E-state index is -0.872. The van der Waals surface area contributed by atoms with Gasteiger partial charge in [-0.1, -0.05) is 41.9 Å². The fraction of sp³-hybridized carbons (Fsp3) is 0.263. The standard InChI is InChI=1S/C19H18ClNO3/c20-16-4-2-1-3-14(16)12-19(9-10-19)18(24)21-15-7-5-13(6-8-15)11-17(22)23/h1-8H,9-12H2,(H,21,24)(H,22,23). The number of anilines is 1. The van der Waals surface area contributed by atoms with Gasteiger partial charge in [0.1, 0.15) is 0 Å². The molecule has 0 saturated heterocycles. The number of carbonyl (C=O) groups excluding carboxylic acids is 1. The fourth-order valence-electron chi connectivity index (χ4n) is 2.79. The molecule has 2 aromatic rings. The van der Waals surface area contributed by atoms with E-state index in [1.165, 1.54) is 0 Å². The molecule has 0 atom stereocenters. The Labute approximate surface area is 145 Å². The quantitative estimate of drug-likeness (QED) is 0.835. The molecule has 2 aromatic carbocycles. The van der Waals surface area contributed by atoms with Gasteiger partial charge in [-0.25, -0.2) is 0 Å². The SMILES string of the molecule is O=C(O)Cc1ccc(NC(=O)C2(Cc3ccccc3Cl)CC2)cc1. The van der Waals surface area contributed by atoms with E-state index < -0.39 is 5.97 Å².